The summed E-state index contributed by atoms with van der Waals surface area (Å²) in [5, 5.41) is 17.6. The molecule has 0 radical (unpaired) electrons. The van der Waals surface area contributed by atoms with E-state index >= 15 is 0 Å². The number of hydrogen-bond acceptors (Lipinski definition) is 3. The number of nitrogens with zero attached hydrogens (tertiary/aromatic N) is 1. The number of ether oxygens (including phenoxy) is 1. The third-order valence-electron chi connectivity index (χ3n) is 2.10. The predicted octanol–water partition coefficient (Wildman–Crippen LogP) is 2.13. The first kappa shape index (κ1) is 12.0. The summed E-state index contributed by atoms with van der Waals surface area (Å²) in [6.45, 7) is -0.111. The van der Waals surface area contributed by atoms with E-state index in [-0.39, 0.29) is 12.5 Å². The standard InChI is InChI=1S/C11H12BrNO2/c1-15-11-3-2-8(5-10(11)12)4-9(6-13)7-14/h2-3,5,9,14H,4,7H2,1H3. The van der Waals surface area contributed by atoms with Gasteiger partial charge in [-0.15, -0.1) is 0 Å². The van der Waals surface area contributed by atoms with Gasteiger partial charge < -0.3 is 9.84 Å². The van der Waals surface area contributed by atoms with Crippen molar-refractivity contribution >= 4 is 15.9 Å². The quantitative estimate of drug-likeness (QED) is 0.911. The molecule has 80 valence electrons. The average Bonchev–Trinajstić information content (AvgIpc) is 2.26. The van der Waals surface area contributed by atoms with Crippen LogP contribution in [0.1, 0.15) is 5.56 Å². The molecule has 4 heteroatoms. The maximum Gasteiger partial charge on any atom is 0.133 e. The molecule has 1 unspecified atom stereocenters. The molecule has 15 heavy (non-hydrogen) atoms. The summed E-state index contributed by atoms with van der Waals surface area (Å²) in [6.07, 6.45) is 0.551. The van der Waals surface area contributed by atoms with Gasteiger partial charge in [-0.25, -0.2) is 0 Å². The Morgan fingerprint density at radius 1 is 1.60 bits per heavy atom. The van der Waals surface area contributed by atoms with E-state index in [9.17, 15) is 0 Å². The first-order valence-electron chi connectivity index (χ1n) is 4.54. The van der Waals surface area contributed by atoms with Crippen molar-refractivity contribution in [2.24, 2.45) is 5.92 Å². The zero-order valence-electron chi connectivity index (χ0n) is 8.40. The molecule has 0 heterocycles. The monoisotopic (exact) mass is 269 g/mol. The van der Waals surface area contributed by atoms with Gasteiger partial charge in [0.2, 0.25) is 0 Å². The fraction of sp³-hybridized carbons (Fsp3) is 0.364. The van der Waals surface area contributed by atoms with E-state index in [0.717, 1.165) is 15.8 Å². The van der Waals surface area contributed by atoms with Crippen molar-refractivity contribution in [2.45, 2.75) is 6.42 Å². The lowest BCUT2D eigenvalue weighted by molar-refractivity contribution is 0.255. The Bertz CT molecular complexity index is 373. The van der Waals surface area contributed by atoms with Crippen LogP contribution < -0.4 is 4.74 Å². The van der Waals surface area contributed by atoms with Crippen LogP contribution in [0.15, 0.2) is 22.7 Å². The van der Waals surface area contributed by atoms with E-state index in [1.807, 2.05) is 18.2 Å². The predicted molar refractivity (Wildman–Crippen MR) is 60.6 cm³/mol. The molecule has 0 aromatic heterocycles. The second-order valence-electron chi connectivity index (χ2n) is 3.18. The van der Waals surface area contributed by atoms with Crippen molar-refractivity contribution in [1.82, 2.24) is 0 Å². The Balaban J connectivity index is 2.80. The van der Waals surface area contributed by atoms with E-state index in [1.165, 1.54) is 0 Å². The van der Waals surface area contributed by atoms with Crippen molar-refractivity contribution in [2.75, 3.05) is 13.7 Å². The summed E-state index contributed by atoms with van der Waals surface area (Å²) in [5.74, 6) is 0.418. The maximum atomic E-state index is 8.90. The molecule has 0 saturated carbocycles. The molecule has 0 aliphatic carbocycles. The molecule has 1 rings (SSSR count). The largest absolute Gasteiger partial charge is 0.496 e. The van der Waals surface area contributed by atoms with Gasteiger partial charge in [0.05, 0.1) is 30.2 Å². The van der Waals surface area contributed by atoms with Crippen LogP contribution in [0.3, 0.4) is 0 Å². The smallest absolute Gasteiger partial charge is 0.133 e. The lowest BCUT2D eigenvalue weighted by atomic mass is 10.0. The molecule has 0 spiro atoms. The van der Waals surface area contributed by atoms with Gasteiger partial charge in [0.15, 0.2) is 0 Å². The summed E-state index contributed by atoms with van der Waals surface area (Å²) >= 11 is 3.37. The molecule has 1 aromatic rings. The van der Waals surface area contributed by atoms with Crippen molar-refractivity contribution in [3.05, 3.63) is 28.2 Å². The highest BCUT2D eigenvalue weighted by atomic mass is 79.9. The lowest BCUT2D eigenvalue weighted by Crippen LogP contribution is -2.06. The van der Waals surface area contributed by atoms with Crippen molar-refractivity contribution in [1.29, 1.82) is 5.26 Å². The van der Waals surface area contributed by atoms with E-state index in [4.69, 9.17) is 15.1 Å². The molecule has 0 saturated heterocycles. The second kappa shape index (κ2) is 5.74. The molecule has 0 aliphatic heterocycles. The minimum atomic E-state index is -0.342. The maximum absolute atomic E-state index is 8.90. The number of hydrogen-bond donors (Lipinski definition) is 1. The number of rotatable bonds is 4. The Labute approximate surface area is 97.4 Å². The number of halogens is 1. The highest BCUT2D eigenvalue weighted by Crippen LogP contribution is 2.26. The van der Waals surface area contributed by atoms with Crippen molar-refractivity contribution in [3.63, 3.8) is 0 Å². The highest BCUT2D eigenvalue weighted by Gasteiger charge is 2.08. The molecule has 1 N–H and O–H groups in total. The Morgan fingerprint density at radius 3 is 2.80 bits per heavy atom. The van der Waals surface area contributed by atoms with Crippen molar-refractivity contribution < 1.29 is 9.84 Å². The Hall–Kier alpha value is -1.05. The van der Waals surface area contributed by atoms with Crippen LogP contribution in [0, 0.1) is 17.2 Å². The van der Waals surface area contributed by atoms with Crippen LogP contribution in [0.5, 0.6) is 5.75 Å². The van der Waals surface area contributed by atoms with Gasteiger partial charge in [0, 0.05) is 0 Å². The van der Waals surface area contributed by atoms with Crippen LogP contribution in [-0.2, 0) is 6.42 Å². The number of nitriles is 1. The minimum absolute atomic E-state index is 0.111. The van der Waals surface area contributed by atoms with Gasteiger partial charge in [-0.05, 0) is 40.0 Å². The zero-order valence-corrected chi connectivity index (χ0v) is 9.99. The molecule has 3 nitrogen and oxygen atoms in total. The molecular formula is C11H12BrNO2. The SMILES string of the molecule is COc1ccc(CC(C#N)CO)cc1Br. The van der Waals surface area contributed by atoms with Crippen LogP contribution >= 0.6 is 15.9 Å². The fourth-order valence-corrected chi connectivity index (χ4v) is 1.86. The zero-order chi connectivity index (χ0) is 11.3. The van der Waals surface area contributed by atoms with E-state index in [0.29, 0.717) is 6.42 Å². The first-order valence-corrected chi connectivity index (χ1v) is 5.33. The number of aliphatic hydroxyl groups is 1. The van der Waals surface area contributed by atoms with E-state index < -0.39 is 0 Å². The first-order chi connectivity index (χ1) is 7.21. The third-order valence-corrected chi connectivity index (χ3v) is 2.72. The lowest BCUT2D eigenvalue weighted by Gasteiger charge is -2.08. The topological polar surface area (TPSA) is 53.2 Å². The summed E-state index contributed by atoms with van der Waals surface area (Å²) in [4.78, 5) is 0. The van der Waals surface area contributed by atoms with Gasteiger partial charge in [-0.2, -0.15) is 5.26 Å². The third kappa shape index (κ3) is 3.22. The van der Waals surface area contributed by atoms with Gasteiger partial charge in [0.1, 0.15) is 5.75 Å². The summed E-state index contributed by atoms with van der Waals surface area (Å²) in [6, 6.07) is 7.68. The van der Waals surface area contributed by atoms with Crippen molar-refractivity contribution in [3.8, 4) is 11.8 Å². The minimum Gasteiger partial charge on any atom is -0.496 e. The van der Waals surface area contributed by atoms with Gasteiger partial charge in [-0.1, -0.05) is 6.07 Å². The van der Waals surface area contributed by atoms with Crippen LogP contribution in [-0.4, -0.2) is 18.8 Å². The highest BCUT2D eigenvalue weighted by molar-refractivity contribution is 9.10. The number of aliphatic hydroxyl groups excluding tert-OH is 1. The molecule has 0 bridgehead atoms. The average molecular weight is 270 g/mol. The van der Waals surface area contributed by atoms with Gasteiger partial charge in [-0.3, -0.25) is 0 Å². The Kier molecular flexibility index (Phi) is 4.60. The summed E-state index contributed by atoms with van der Waals surface area (Å²) < 4.78 is 5.95. The summed E-state index contributed by atoms with van der Waals surface area (Å²) in [5.41, 5.74) is 1.00. The van der Waals surface area contributed by atoms with Gasteiger partial charge >= 0.3 is 0 Å². The van der Waals surface area contributed by atoms with Crippen LogP contribution in [0.4, 0.5) is 0 Å². The summed E-state index contributed by atoms with van der Waals surface area (Å²) in [7, 11) is 1.60. The molecule has 0 aliphatic rings. The molecule has 1 atom stereocenters. The van der Waals surface area contributed by atoms with E-state index in [2.05, 4.69) is 22.0 Å². The number of benzene rings is 1. The molecular weight excluding hydrogens is 258 g/mol. The number of methoxy groups -OCH3 is 1. The van der Waals surface area contributed by atoms with Crippen LogP contribution in [0.2, 0.25) is 0 Å². The van der Waals surface area contributed by atoms with Crippen LogP contribution in [0.25, 0.3) is 0 Å². The normalized spacial score (nSPS) is 11.9. The molecule has 0 amide bonds. The fourth-order valence-electron chi connectivity index (χ4n) is 1.27. The van der Waals surface area contributed by atoms with E-state index in [1.54, 1.807) is 7.11 Å². The Morgan fingerprint density at radius 2 is 2.33 bits per heavy atom. The molecule has 1 aromatic carbocycles. The van der Waals surface area contributed by atoms with Gasteiger partial charge in [0.25, 0.3) is 0 Å². The molecule has 0 fully saturated rings. The second-order valence-corrected chi connectivity index (χ2v) is 4.04.